The van der Waals surface area contributed by atoms with Crippen molar-refractivity contribution in [1.29, 1.82) is 0 Å². The van der Waals surface area contributed by atoms with E-state index in [9.17, 15) is 19.0 Å². The zero-order chi connectivity index (χ0) is 29.3. The van der Waals surface area contributed by atoms with Gasteiger partial charge in [-0.3, -0.25) is 0 Å². The van der Waals surface area contributed by atoms with Crippen LogP contribution in [-0.4, -0.2) is 20.2 Å². The summed E-state index contributed by atoms with van der Waals surface area (Å²) in [5.74, 6) is 0.295. The number of rotatable bonds is 8. The highest BCUT2D eigenvalue weighted by Gasteiger charge is 2.10. The molecular formula is C34H28F2N2O4. The SMILES string of the molecule is OCc1nc2ccc(F)cc2cc1OCc1ccccc1.OCc1nc2ccc(F)cc2cc1OCc1ccccc1. The van der Waals surface area contributed by atoms with Gasteiger partial charge in [0.1, 0.15) is 47.7 Å². The summed E-state index contributed by atoms with van der Waals surface area (Å²) in [5, 5.41) is 20.1. The Morgan fingerprint density at radius 3 is 1.31 bits per heavy atom. The second-order valence-corrected chi connectivity index (χ2v) is 9.41. The van der Waals surface area contributed by atoms with E-state index < -0.39 is 0 Å². The zero-order valence-corrected chi connectivity index (χ0v) is 22.6. The van der Waals surface area contributed by atoms with E-state index in [2.05, 4.69) is 9.97 Å². The molecule has 8 heteroatoms. The second-order valence-electron chi connectivity index (χ2n) is 9.41. The number of aromatic nitrogens is 2. The van der Waals surface area contributed by atoms with Gasteiger partial charge >= 0.3 is 0 Å². The summed E-state index contributed by atoms with van der Waals surface area (Å²) in [6.45, 7) is 0.293. The van der Waals surface area contributed by atoms with Crippen LogP contribution in [0.4, 0.5) is 8.78 Å². The number of nitrogens with zero attached hydrogens (tertiary/aromatic N) is 2. The summed E-state index contributed by atoms with van der Waals surface area (Å²) in [4.78, 5) is 8.61. The number of fused-ring (bicyclic) bond motifs is 2. The fourth-order valence-corrected chi connectivity index (χ4v) is 4.28. The van der Waals surface area contributed by atoms with Gasteiger partial charge in [-0.25, -0.2) is 18.7 Å². The molecule has 4 aromatic carbocycles. The number of benzene rings is 4. The molecule has 0 spiro atoms. The van der Waals surface area contributed by atoms with E-state index in [4.69, 9.17) is 9.47 Å². The average Bonchev–Trinajstić information content (AvgIpc) is 3.03. The number of hydrogen-bond donors (Lipinski definition) is 2. The van der Waals surface area contributed by atoms with Crippen LogP contribution in [0.2, 0.25) is 0 Å². The molecule has 0 aliphatic rings. The zero-order valence-electron chi connectivity index (χ0n) is 22.6. The van der Waals surface area contributed by atoms with Crippen molar-refractivity contribution in [1.82, 2.24) is 9.97 Å². The Morgan fingerprint density at radius 1 is 0.524 bits per heavy atom. The molecule has 42 heavy (non-hydrogen) atoms. The van der Waals surface area contributed by atoms with Gasteiger partial charge in [0.2, 0.25) is 0 Å². The smallest absolute Gasteiger partial charge is 0.144 e. The van der Waals surface area contributed by atoms with E-state index >= 15 is 0 Å². The first-order valence-corrected chi connectivity index (χ1v) is 13.3. The van der Waals surface area contributed by atoms with Crippen LogP contribution < -0.4 is 9.47 Å². The Kier molecular flexibility index (Phi) is 9.28. The minimum absolute atomic E-state index is 0.225. The molecule has 0 aliphatic carbocycles. The number of ether oxygens (including phenoxy) is 2. The van der Waals surface area contributed by atoms with Crippen molar-refractivity contribution >= 4 is 21.8 Å². The van der Waals surface area contributed by atoms with E-state index in [1.807, 2.05) is 60.7 Å². The van der Waals surface area contributed by atoms with Crippen molar-refractivity contribution in [2.75, 3.05) is 0 Å². The van der Waals surface area contributed by atoms with Crippen molar-refractivity contribution in [2.45, 2.75) is 26.4 Å². The fraction of sp³-hybridized carbons (Fsp3) is 0.118. The van der Waals surface area contributed by atoms with E-state index in [0.717, 1.165) is 11.1 Å². The molecule has 0 atom stereocenters. The molecule has 0 unspecified atom stereocenters. The molecule has 0 fully saturated rings. The summed E-state index contributed by atoms with van der Waals surface area (Å²) < 4.78 is 38.0. The molecule has 2 aromatic heterocycles. The number of aliphatic hydroxyl groups excluding tert-OH is 2. The predicted octanol–water partition coefficient (Wildman–Crippen LogP) is 6.89. The van der Waals surface area contributed by atoms with Crippen LogP contribution in [0.3, 0.4) is 0 Å². The van der Waals surface area contributed by atoms with Gasteiger partial charge in [-0.15, -0.1) is 0 Å². The molecule has 6 rings (SSSR count). The predicted molar refractivity (Wildman–Crippen MR) is 157 cm³/mol. The summed E-state index contributed by atoms with van der Waals surface area (Å²) in [6.07, 6.45) is 0. The first-order valence-electron chi connectivity index (χ1n) is 13.3. The van der Waals surface area contributed by atoms with Crippen molar-refractivity contribution in [3.63, 3.8) is 0 Å². The van der Waals surface area contributed by atoms with Crippen LogP contribution in [-0.2, 0) is 26.4 Å². The summed E-state index contributed by atoms with van der Waals surface area (Å²) in [5.41, 5.74) is 4.19. The van der Waals surface area contributed by atoms with Crippen LogP contribution in [0, 0.1) is 11.6 Å². The van der Waals surface area contributed by atoms with Crippen LogP contribution in [0.25, 0.3) is 21.8 Å². The molecule has 0 radical (unpaired) electrons. The van der Waals surface area contributed by atoms with Crippen LogP contribution >= 0.6 is 0 Å². The fourth-order valence-electron chi connectivity index (χ4n) is 4.28. The lowest BCUT2D eigenvalue weighted by atomic mass is 10.2. The lowest BCUT2D eigenvalue weighted by molar-refractivity contribution is 0.254. The Hall–Kier alpha value is -4.92. The van der Waals surface area contributed by atoms with Gasteiger partial charge in [-0.05, 0) is 59.7 Å². The van der Waals surface area contributed by atoms with Gasteiger partial charge in [-0.1, -0.05) is 60.7 Å². The number of halogens is 2. The number of pyridine rings is 2. The minimum atomic E-state index is -0.324. The molecule has 6 aromatic rings. The van der Waals surface area contributed by atoms with Gasteiger partial charge in [0.05, 0.1) is 24.2 Å². The third-order valence-corrected chi connectivity index (χ3v) is 6.41. The Balaban J connectivity index is 0.000000168. The Morgan fingerprint density at radius 2 is 0.929 bits per heavy atom. The Bertz CT molecular complexity index is 1650. The maximum absolute atomic E-state index is 13.3. The van der Waals surface area contributed by atoms with Gasteiger partial charge in [-0.2, -0.15) is 0 Å². The topological polar surface area (TPSA) is 84.7 Å². The van der Waals surface area contributed by atoms with Gasteiger partial charge < -0.3 is 19.7 Å². The van der Waals surface area contributed by atoms with Crippen molar-refractivity contribution < 1.29 is 28.5 Å². The van der Waals surface area contributed by atoms with Gasteiger partial charge in [0.25, 0.3) is 0 Å². The monoisotopic (exact) mass is 566 g/mol. The molecule has 212 valence electrons. The van der Waals surface area contributed by atoms with Crippen molar-refractivity contribution in [3.8, 4) is 11.5 Å². The third-order valence-electron chi connectivity index (χ3n) is 6.41. The van der Waals surface area contributed by atoms with Crippen molar-refractivity contribution in [3.05, 3.63) is 143 Å². The minimum Gasteiger partial charge on any atom is -0.487 e. The Labute approximate surface area is 241 Å². The average molecular weight is 567 g/mol. The van der Waals surface area contributed by atoms with E-state index in [-0.39, 0.29) is 24.8 Å². The molecule has 0 amide bonds. The number of hydrogen-bond acceptors (Lipinski definition) is 6. The quantitative estimate of drug-likeness (QED) is 0.209. The molecular weight excluding hydrogens is 538 g/mol. The van der Waals surface area contributed by atoms with Crippen LogP contribution in [0.1, 0.15) is 22.5 Å². The lowest BCUT2D eigenvalue weighted by Crippen LogP contribution is -2.01. The molecule has 0 saturated heterocycles. The summed E-state index contributed by atoms with van der Waals surface area (Å²) in [7, 11) is 0. The molecule has 2 N–H and O–H groups in total. The van der Waals surface area contributed by atoms with Crippen molar-refractivity contribution in [2.24, 2.45) is 0 Å². The van der Waals surface area contributed by atoms with E-state index in [1.54, 1.807) is 24.3 Å². The molecule has 2 heterocycles. The first-order chi connectivity index (χ1) is 20.5. The highest BCUT2D eigenvalue weighted by molar-refractivity contribution is 5.81. The third kappa shape index (κ3) is 7.23. The van der Waals surface area contributed by atoms with E-state index in [0.29, 0.717) is 57.9 Å². The van der Waals surface area contributed by atoms with Gasteiger partial charge in [0.15, 0.2) is 0 Å². The molecule has 6 nitrogen and oxygen atoms in total. The lowest BCUT2D eigenvalue weighted by Gasteiger charge is -2.11. The highest BCUT2D eigenvalue weighted by Crippen LogP contribution is 2.26. The normalized spacial score (nSPS) is 10.8. The summed E-state index contributed by atoms with van der Waals surface area (Å²) >= 11 is 0. The second kappa shape index (κ2) is 13.6. The van der Waals surface area contributed by atoms with Crippen LogP contribution in [0.5, 0.6) is 11.5 Å². The summed E-state index contributed by atoms with van der Waals surface area (Å²) in [6, 6.07) is 31.5. The molecule has 0 saturated carbocycles. The van der Waals surface area contributed by atoms with E-state index in [1.165, 1.54) is 24.3 Å². The molecule has 0 aliphatic heterocycles. The highest BCUT2D eigenvalue weighted by atomic mass is 19.1. The molecule has 0 bridgehead atoms. The van der Waals surface area contributed by atoms with Crippen LogP contribution in [0.15, 0.2) is 109 Å². The number of aliphatic hydroxyl groups is 2. The largest absolute Gasteiger partial charge is 0.487 e. The standard InChI is InChI=1S/2C17H14FNO2/c2*18-14-6-7-15-13(8-14)9-17(16(10-20)19-15)21-11-12-4-2-1-3-5-12/h2*1-9,20H,10-11H2. The first kappa shape index (κ1) is 28.6. The maximum Gasteiger partial charge on any atom is 0.144 e. The van der Waals surface area contributed by atoms with Gasteiger partial charge in [0, 0.05) is 10.8 Å². The maximum atomic E-state index is 13.3.